The molecule has 1 aliphatic carbocycles. The van der Waals surface area contributed by atoms with Gasteiger partial charge in [-0.25, -0.2) is 9.37 Å². The van der Waals surface area contributed by atoms with Crippen molar-refractivity contribution in [1.29, 1.82) is 0 Å². The van der Waals surface area contributed by atoms with Crippen molar-refractivity contribution in [3.8, 4) is 10.4 Å². The number of amides is 4. The van der Waals surface area contributed by atoms with Crippen LogP contribution in [0.5, 0.6) is 0 Å². The second kappa shape index (κ2) is 11.6. The molecule has 1 aromatic carbocycles. The zero-order valence-electron chi connectivity index (χ0n) is 23.7. The number of likely N-dealkylation sites (tertiary alicyclic amines) is 1. The van der Waals surface area contributed by atoms with E-state index in [4.69, 9.17) is 0 Å². The molecule has 9 nitrogen and oxygen atoms in total. The molecule has 2 aromatic rings. The number of carbonyl (C=O) groups is 4. The number of nitrogens with zero attached hydrogens (tertiary/aromatic N) is 2. The van der Waals surface area contributed by atoms with Gasteiger partial charge in [-0.05, 0) is 49.1 Å². The lowest BCUT2D eigenvalue weighted by Gasteiger charge is -2.36. The Hall–Kier alpha value is -3.34. The minimum Gasteiger partial charge on any atom is -0.359 e. The van der Waals surface area contributed by atoms with Crippen molar-refractivity contribution in [2.24, 2.45) is 5.41 Å². The second-order valence-corrected chi connectivity index (χ2v) is 12.6. The first kappa shape index (κ1) is 29.6. The fraction of sp³-hybridized carbons (Fsp3) is 0.552. The molecule has 1 saturated heterocycles. The molecular weight excluding hydrogens is 533 g/mol. The van der Waals surface area contributed by atoms with Gasteiger partial charge < -0.3 is 20.9 Å². The van der Waals surface area contributed by atoms with Gasteiger partial charge in [0.25, 0.3) is 5.91 Å². The molecule has 0 radical (unpaired) electrons. The van der Waals surface area contributed by atoms with Crippen LogP contribution in [0, 0.1) is 12.3 Å². The summed E-state index contributed by atoms with van der Waals surface area (Å²) in [4.78, 5) is 59.0. The Bertz CT molecular complexity index is 1270. The van der Waals surface area contributed by atoms with Crippen LogP contribution in [0.2, 0.25) is 0 Å². The minimum absolute atomic E-state index is 0.0289. The highest BCUT2D eigenvalue weighted by Gasteiger charge is 2.53. The first-order valence-corrected chi connectivity index (χ1v) is 14.5. The van der Waals surface area contributed by atoms with Crippen LogP contribution >= 0.6 is 11.3 Å². The molecule has 3 atom stereocenters. The van der Waals surface area contributed by atoms with Gasteiger partial charge in [0, 0.05) is 13.6 Å². The summed E-state index contributed by atoms with van der Waals surface area (Å²) in [5.74, 6) is -1.79. The number of aryl methyl sites for hydroxylation is 1. The van der Waals surface area contributed by atoms with Crippen LogP contribution in [-0.4, -0.2) is 64.9 Å². The average Bonchev–Trinajstić information content (AvgIpc) is 3.28. The van der Waals surface area contributed by atoms with E-state index in [9.17, 15) is 23.6 Å². The molecule has 2 fully saturated rings. The number of alkyl halides is 1. The predicted molar refractivity (Wildman–Crippen MR) is 151 cm³/mol. The summed E-state index contributed by atoms with van der Waals surface area (Å²) < 4.78 is 14.4. The van der Waals surface area contributed by atoms with Gasteiger partial charge in [0.05, 0.1) is 28.5 Å². The molecule has 4 amide bonds. The normalized spacial score (nSPS) is 19.4. The molecule has 1 saturated carbocycles. The highest BCUT2D eigenvalue weighted by Crippen LogP contribution is 2.40. The quantitative estimate of drug-likeness (QED) is 0.426. The smallest absolute Gasteiger partial charge is 0.258 e. The number of rotatable bonds is 9. The van der Waals surface area contributed by atoms with E-state index >= 15 is 0 Å². The van der Waals surface area contributed by atoms with E-state index in [0.717, 1.165) is 21.7 Å². The van der Waals surface area contributed by atoms with E-state index in [0.29, 0.717) is 19.4 Å². The number of halogens is 1. The van der Waals surface area contributed by atoms with Crippen molar-refractivity contribution < 1.29 is 23.6 Å². The van der Waals surface area contributed by atoms with Crippen LogP contribution in [0.3, 0.4) is 0 Å². The van der Waals surface area contributed by atoms with Crippen LogP contribution in [-0.2, 0) is 19.2 Å². The molecule has 4 rings (SSSR count). The largest absolute Gasteiger partial charge is 0.359 e. The zero-order chi connectivity index (χ0) is 29.2. The Kier molecular flexibility index (Phi) is 8.63. The maximum Gasteiger partial charge on any atom is 0.258 e. The first-order chi connectivity index (χ1) is 18.8. The number of benzene rings is 1. The fourth-order valence-corrected chi connectivity index (χ4v) is 5.78. The van der Waals surface area contributed by atoms with Gasteiger partial charge in [-0.3, -0.25) is 19.2 Å². The maximum atomic E-state index is 14.4. The SMILES string of the molecule is CNC(=O)CC(NC(=O)[C@@H]1CCCN1C(=O)[C@@H](NC(=O)C1(F)CC1)C(C)(C)C)c1ccc(-c2scnc2C)cc1. The summed E-state index contributed by atoms with van der Waals surface area (Å²) in [5.41, 5.74) is 1.88. The molecule has 1 aliphatic heterocycles. The molecule has 2 heterocycles. The van der Waals surface area contributed by atoms with Crippen LogP contribution < -0.4 is 16.0 Å². The van der Waals surface area contributed by atoms with Crippen molar-refractivity contribution in [1.82, 2.24) is 25.8 Å². The van der Waals surface area contributed by atoms with E-state index in [1.807, 2.05) is 31.2 Å². The molecular formula is C29H38FN5O4S. The minimum atomic E-state index is -1.91. The zero-order valence-corrected chi connectivity index (χ0v) is 24.5. The lowest BCUT2D eigenvalue weighted by Crippen LogP contribution is -2.59. The first-order valence-electron chi connectivity index (χ1n) is 13.7. The summed E-state index contributed by atoms with van der Waals surface area (Å²) >= 11 is 1.54. The van der Waals surface area contributed by atoms with Crippen molar-refractivity contribution in [3.63, 3.8) is 0 Å². The Balaban J connectivity index is 1.51. The van der Waals surface area contributed by atoms with Crippen molar-refractivity contribution >= 4 is 35.0 Å². The number of carbonyl (C=O) groups excluding carboxylic acids is 4. The standard InChI is InChI=1S/C29H38FN5O4S/c1-17-23(40-16-32-17)19-10-8-18(9-11-19)20(15-22(36)31-5)33-25(37)21-7-6-14-35(21)26(38)24(28(2,3)4)34-27(39)29(30)12-13-29/h8-11,16,20-21,24H,6-7,12-15H2,1-5H3,(H,31,36)(H,33,37)(H,34,39)/t20?,21-,24+/m0/s1. The summed E-state index contributed by atoms with van der Waals surface area (Å²) in [6.07, 6.45) is 1.39. The number of nitrogens with one attached hydrogen (secondary N) is 3. The molecule has 3 N–H and O–H groups in total. The van der Waals surface area contributed by atoms with Crippen LogP contribution in [0.25, 0.3) is 10.4 Å². The van der Waals surface area contributed by atoms with Gasteiger partial charge in [0.15, 0.2) is 5.67 Å². The van der Waals surface area contributed by atoms with Gasteiger partial charge in [0.1, 0.15) is 12.1 Å². The maximum absolute atomic E-state index is 14.4. The van der Waals surface area contributed by atoms with Crippen molar-refractivity contribution in [2.45, 2.75) is 83.6 Å². The van der Waals surface area contributed by atoms with Crippen LogP contribution in [0.4, 0.5) is 4.39 Å². The van der Waals surface area contributed by atoms with E-state index < -0.39 is 41.0 Å². The lowest BCUT2D eigenvalue weighted by atomic mass is 9.85. The van der Waals surface area contributed by atoms with Crippen LogP contribution in [0.15, 0.2) is 29.8 Å². The van der Waals surface area contributed by atoms with E-state index in [1.165, 1.54) is 4.90 Å². The molecule has 0 spiro atoms. The van der Waals surface area contributed by atoms with E-state index in [1.54, 1.807) is 44.7 Å². The molecule has 1 aromatic heterocycles. The third-order valence-electron chi connectivity index (χ3n) is 7.63. The van der Waals surface area contributed by atoms with Gasteiger partial charge in [-0.1, -0.05) is 45.0 Å². The van der Waals surface area contributed by atoms with E-state index in [-0.39, 0.29) is 31.1 Å². The van der Waals surface area contributed by atoms with E-state index in [2.05, 4.69) is 20.9 Å². The summed E-state index contributed by atoms with van der Waals surface area (Å²) in [5, 5.41) is 8.23. The molecule has 2 aliphatic rings. The Morgan fingerprint density at radius 3 is 2.38 bits per heavy atom. The van der Waals surface area contributed by atoms with Gasteiger partial charge in [-0.2, -0.15) is 0 Å². The number of thiazole rings is 1. The number of aromatic nitrogens is 1. The average molecular weight is 572 g/mol. The lowest BCUT2D eigenvalue weighted by molar-refractivity contribution is -0.145. The number of hydrogen-bond acceptors (Lipinski definition) is 6. The molecule has 1 unspecified atom stereocenters. The third-order valence-corrected chi connectivity index (χ3v) is 8.61. The second-order valence-electron chi connectivity index (χ2n) is 11.8. The molecule has 216 valence electrons. The summed E-state index contributed by atoms with van der Waals surface area (Å²) in [6.45, 7) is 7.70. The fourth-order valence-electron chi connectivity index (χ4n) is 4.97. The van der Waals surface area contributed by atoms with Gasteiger partial charge >= 0.3 is 0 Å². The molecule has 11 heteroatoms. The third kappa shape index (κ3) is 6.51. The van der Waals surface area contributed by atoms with Gasteiger partial charge in [0.2, 0.25) is 17.7 Å². The Morgan fingerprint density at radius 1 is 1.15 bits per heavy atom. The predicted octanol–water partition coefficient (Wildman–Crippen LogP) is 3.44. The molecule has 0 bridgehead atoms. The summed E-state index contributed by atoms with van der Waals surface area (Å²) in [6, 6.07) is 5.30. The highest BCUT2D eigenvalue weighted by molar-refractivity contribution is 7.13. The topological polar surface area (TPSA) is 121 Å². The van der Waals surface area contributed by atoms with Crippen LogP contribution in [0.1, 0.15) is 70.2 Å². The number of hydrogen-bond donors (Lipinski definition) is 3. The van der Waals surface area contributed by atoms with Crippen molar-refractivity contribution in [2.75, 3.05) is 13.6 Å². The Labute approximate surface area is 238 Å². The molecule has 40 heavy (non-hydrogen) atoms. The monoisotopic (exact) mass is 571 g/mol. The highest BCUT2D eigenvalue weighted by atomic mass is 32.1. The van der Waals surface area contributed by atoms with Gasteiger partial charge in [-0.15, -0.1) is 11.3 Å². The van der Waals surface area contributed by atoms with Crippen molar-refractivity contribution in [3.05, 3.63) is 41.0 Å². The summed E-state index contributed by atoms with van der Waals surface area (Å²) in [7, 11) is 1.54. The Morgan fingerprint density at radius 2 is 1.82 bits per heavy atom.